The Morgan fingerprint density at radius 3 is 2.86 bits per heavy atom. The predicted molar refractivity (Wildman–Crippen MR) is 88.3 cm³/mol. The molecule has 22 heavy (non-hydrogen) atoms. The van der Waals surface area contributed by atoms with Gasteiger partial charge in [0.1, 0.15) is 11.4 Å². The van der Waals surface area contributed by atoms with E-state index in [1.165, 1.54) is 0 Å². The van der Waals surface area contributed by atoms with Gasteiger partial charge in [-0.2, -0.15) is 5.10 Å². The lowest BCUT2D eigenvalue weighted by atomic mass is 10.2. The first kappa shape index (κ1) is 16.8. The van der Waals surface area contributed by atoms with E-state index in [-0.39, 0.29) is 0 Å². The number of H-pyrrole nitrogens is 1. The van der Waals surface area contributed by atoms with Crippen LogP contribution in [0.15, 0.2) is 17.6 Å². The van der Waals surface area contributed by atoms with Gasteiger partial charge in [0.25, 0.3) is 0 Å². The molecule has 1 amide bonds. The van der Waals surface area contributed by atoms with E-state index in [1.807, 2.05) is 32.2 Å². The number of thiophene rings is 1. The number of halogens is 1. The maximum absolute atomic E-state index is 11.8. The second kappa shape index (κ2) is 7.13. The van der Waals surface area contributed by atoms with E-state index >= 15 is 0 Å². The standard InChI is InChI=1S/C14H19ClN4O2S/c1-14(2,3)21-13(20)18-12-9(6-17-19-12)5-16-7-11-4-10(15)8-22-11/h4,6,8,16H,5,7H2,1-3H3,(H2,17,18,19,20). The highest BCUT2D eigenvalue weighted by molar-refractivity contribution is 7.10. The van der Waals surface area contributed by atoms with Gasteiger partial charge in [0, 0.05) is 28.9 Å². The number of carbonyl (C=O) groups is 1. The fraction of sp³-hybridized carbons (Fsp3) is 0.429. The zero-order valence-corrected chi connectivity index (χ0v) is 14.3. The van der Waals surface area contributed by atoms with Crippen LogP contribution in [0.3, 0.4) is 0 Å². The maximum atomic E-state index is 11.8. The second-order valence-corrected chi connectivity index (χ2v) is 7.16. The summed E-state index contributed by atoms with van der Waals surface area (Å²) in [7, 11) is 0. The average molecular weight is 343 g/mol. The summed E-state index contributed by atoms with van der Waals surface area (Å²) in [5.74, 6) is 0.533. The molecule has 0 atom stereocenters. The molecular weight excluding hydrogens is 324 g/mol. The zero-order chi connectivity index (χ0) is 16.2. The molecule has 0 radical (unpaired) electrons. The minimum absolute atomic E-state index is 0.511. The minimum Gasteiger partial charge on any atom is -0.444 e. The van der Waals surface area contributed by atoms with E-state index in [2.05, 4.69) is 20.8 Å². The topological polar surface area (TPSA) is 79.0 Å². The lowest BCUT2D eigenvalue weighted by Crippen LogP contribution is -2.27. The summed E-state index contributed by atoms with van der Waals surface area (Å²) in [6, 6.07) is 1.93. The molecule has 2 rings (SSSR count). The van der Waals surface area contributed by atoms with Crippen molar-refractivity contribution in [3.05, 3.63) is 33.1 Å². The smallest absolute Gasteiger partial charge is 0.413 e. The van der Waals surface area contributed by atoms with Crippen molar-refractivity contribution in [1.82, 2.24) is 15.5 Å². The molecule has 0 spiro atoms. The second-order valence-electron chi connectivity index (χ2n) is 5.73. The summed E-state index contributed by atoms with van der Waals surface area (Å²) in [6.45, 7) is 6.71. The van der Waals surface area contributed by atoms with E-state index in [1.54, 1.807) is 17.5 Å². The molecule has 0 aromatic carbocycles. The highest BCUT2D eigenvalue weighted by Crippen LogP contribution is 2.19. The van der Waals surface area contributed by atoms with Crippen LogP contribution in [0.1, 0.15) is 31.2 Å². The van der Waals surface area contributed by atoms with Gasteiger partial charge in [0.05, 0.1) is 11.2 Å². The Hall–Kier alpha value is -1.57. The van der Waals surface area contributed by atoms with Crippen molar-refractivity contribution in [3.63, 3.8) is 0 Å². The number of amides is 1. The number of aromatic nitrogens is 2. The minimum atomic E-state index is -0.541. The van der Waals surface area contributed by atoms with Gasteiger partial charge in [-0.1, -0.05) is 11.6 Å². The Bertz CT molecular complexity index is 633. The lowest BCUT2D eigenvalue weighted by molar-refractivity contribution is 0.0635. The number of aromatic amines is 1. The average Bonchev–Trinajstić information content (AvgIpc) is 2.97. The Morgan fingerprint density at radius 2 is 2.23 bits per heavy atom. The molecule has 3 N–H and O–H groups in total. The maximum Gasteiger partial charge on any atom is 0.413 e. The Kier molecular flexibility index (Phi) is 5.44. The quantitative estimate of drug-likeness (QED) is 0.773. The van der Waals surface area contributed by atoms with Gasteiger partial charge in [-0.15, -0.1) is 11.3 Å². The lowest BCUT2D eigenvalue weighted by Gasteiger charge is -2.19. The Labute approximate surface area is 138 Å². The number of carbonyl (C=O) groups excluding carboxylic acids is 1. The number of hydrogen-bond acceptors (Lipinski definition) is 5. The molecule has 0 bridgehead atoms. The predicted octanol–water partition coefficient (Wildman–Crippen LogP) is 3.76. The Balaban J connectivity index is 1.85. The molecule has 6 nitrogen and oxygen atoms in total. The normalized spacial score (nSPS) is 11.5. The van der Waals surface area contributed by atoms with E-state index in [0.717, 1.165) is 15.5 Å². The van der Waals surface area contributed by atoms with Crippen molar-refractivity contribution < 1.29 is 9.53 Å². The van der Waals surface area contributed by atoms with Crippen LogP contribution in [-0.2, 0) is 17.8 Å². The van der Waals surface area contributed by atoms with Crippen LogP contribution in [0.25, 0.3) is 0 Å². The molecule has 8 heteroatoms. The summed E-state index contributed by atoms with van der Waals surface area (Å²) in [5.41, 5.74) is 0.314. The number of rotatable bonds is 5. The third kappa shape index (κ3) is 5.32. The van der Waals surface area contributed by atoms with Crippen LogP contribution in [0.4, 0.5) is 10.6 Å². The van der Waals surface area contributed by atoms with Gasteiger partial charge < -0.3 is 10.1 Å². The molecule has 0 unspecified atom stereocenters. The molecule has 0 aliphatic carbocycles. The van der Waals surface area contributed by atoms with Crippen LogP contribution < -0.4 is 10.6 Å². The van der Waals surface area contributed by atoms with Crippen molar-refractivity contribution in [1.29, 1.82) is 0 Å². The van der Waals surface area contributed by atoms with Crippen LogP contribution in [0.5, 0.6) is 0 Å². The summed E-state index contributed by atoms with van der Waals surface area (Å²) < 4.78 is 5.21. The number of anilines is 1. The molecule has 0 saturated heterocycles. The van der Waals surface area contributed by atoms with Crippen molar-refractivity contribution >= 4 is 34.8 Å². The number of hydrogen-bond donors (Lipinski definition) is 3. The van der Waals surface area contributed by atoms with Crippen molar-refractivity contribution in [2.45, 2.75) is 39.5 Å². The molecule has 2 aromatic heterocycles. The molecular formula is C14H19ClN4O2S. The van der Waals surface area contributed by atoms with Crippen LogP contribution in [-0.4, -0.2) is 21.9 Å². The summed E-state index contributed by atoms with van der Waals surface area (Å²) in [5, 5.41) is 15.3. The van der Waals surface area contributed by atoms with E-state index < -0.39 is 11.7 Å². The summed E-state index contributed by atoms with van der Waals surface area (Å²) in [6.07, 6.45) is 1.16. The number of nitrogens with zero attached hydrogens (tertiary/aromatic N) is 1. The molecule has 2 heterocycles. The number of nitrogens with one attached hydrogen (secondary N) is 3. The zero-order valence-electron chi connectivity index (χ0n) is 12.7. The first-order valence-electron chi connectivity index (χ1n) is 6.79. The van der Waals surface area contributed by atoms with Gasteiger partial charge in [-0.3, -0.25) is 10.4 Å². The van der Waals surface area contributed by atoms with Gasteiger partial charge >= 0.3 is 6.09 Å². The monoisotopic (exact) mass is 342 g/mol. The fourth-order valence-electron chi connectivity index (χ4n) is 1.73. The van der Waals surface area contributed by atoms with Crippen LogP contribution in [0.2, 0.25) is 5.02 Å². The first-order chi connectivity index (χ1) is 10.3. The van der Waals surface area contributed by atoms with Crippen molar-refractivity contribution in [3.8, 4) is 0 Å². The molecule has 0 saturated carbocycles. The third-order valence-corrected chi connectivity index (χ3v) is 3.86. The first-order valence-corrected chi connectivity index (χ1v) is 8.05. The summed E-state index contributed by atoms with van der Waals surface area (Å²) in [4.78, 5) is 12.9. The molecule has 0 aliphatic heterocycles. The van der Waals surface area contributed by atoms with Gasteiger partial charge in [-0.05, 0) is 26.8 Å². The van der Waals surface area contributed by atoms with Crippen LogP contribution in [0, 0.1) is 0 Å². The fourth-order valence-corrected chi connectivity index (χ4v) is 2.77. The van der Waals surface area contributed by atoms with Crippen molar-refractivity contribution in [2.24, 2.45) is 0 Å². The highest BCUT2D eigenvalue weighted by atomic mass is 35.5. The van der Waals surface area contributed by atoms with Gasteiger partial charge in [0.2, 0.25) is 0 Å². The molecule has 2 aromatic rings. The molecule has 0 fully saturated rings. The summed E-state index contributed by atoms with van der Waals surface area (Å²) >= 11 is 7.48. The SMILES string of the molecule is CC(C)(C)OC(=O)Nc1[nH]ncc1CNCc1cc(Cl)cs1. The highest BCUT2D eigenvalue weighted by Gasteiger charge is 2.17. The van der Waals surface area contributed by atoms with Crippen LogP contribution >= 0.6 is 22.9 Å². The van der Waals surface area contributed by atoms with E-state index in [4.69, 9.17) is 16.3 Å². The molecule has 120 valence electrons. The Morgan fingerprint density at radius 1 is 1.45 bits per heavy atom. The van der Waals surface area contributed by atoms with Crippen molar-refractivity contribution in [2.75, 3.05) is 5.32 Å². The number of ether oxygens (including phenoxy) is 1. The third-order valence-electron chi connectivity index (χ3n) is 2.58. The van der Waals surface area contributed by atoms with E-state index in [9.17, 15) is 4.79 Å². The van der Waals surface area contributed by atoms with Gasteiger partial charge in [-0.25, -0.2) is 4.79 Å². The largest absolute Gasteiger partial charge is 0.444 e. The van der Waals surface area contributed by atoms with E-state index in [0.29, 0.717) is 18.9 Å². The van der Waals surface area contributed by atoms with Gasteiger partial charge in [0.15, 0.2) is 0 Å². The molecule has 0 aliphatic rings.